The molecule has 0 aliphatic carbocycles. The summed E-state index contributed by atoms with van der Waals surface area (Å²) in [5.41, 5.74) is 12.0. The quantitative estimate of drug-likeness (QED) is 0.656. The molecule has 23 heavy (non-hydrogen) atoms. The van der Waals surface area contributed by atoms with Crippen LogP contribution in [-0.4, -0.2) is 28.3 Å². The van der Waals surface area contributed by atoms with Crippen LogP contribution in [0.1, 0.15) is 31.1 Å². The number of aromatic nitrogens is 2. The van der Waals surface area contributed by atoms with Gasteiger partial charge in [-0.3, -0.25) is 4.79 Å². The maximum Gasteiger partial charge on any atom is 0.253 e. The molecular weight excluding hydrogens is 318 g/mol. The zero-order valence-electron chi connectivity index (χ0n) is 12.5. The standard InChI is InChI=1S/C15H18ClN5O2/c16-11-5-4-9-8-19-21(13-3-1-2-6-23-13)14(9)10(11)7-12(22)20-15(17)18/h4-5,8,13H,1-3,6-7H2,(H4,17,18,20,22). The highest BCUT2D eigenvalue weighted by Crippen LogP contribution is 2.31. The molecule has 0 saturated carbocycles. The molecule has 122 valence electrons. The van der Waals surface area contributed by atoms with E-state index in [0.29, 0.717) is 17.2 Å². The minimum atomic E-state index is -0.447. The lowest BCUT2D eigenvalue weighted by Gasteiger charge is -2.24. The van der Waals surface area contributed by atoms with Crippen LogP contribution in [-0.2, 0) is 16.0 Å². The molecule has 1 saturated heterocycles. The fraction of sp³-hybridized carbons (Fsp3) is 0.400. The second kappa shape index (κ2) is 6.55. The van der Waals surface area contributed by atoms with Crippen molar-refractivity contribution in [1.29, 1.82) is 0 Å². The summed E-state index contributed by atoms with van der Waals surface area (Å²) in [6.45, 7) is 0.703. The molecule has 2 aromatic rings. The first-order valence-corrected chi connectivity index (χ1v) is 7.82. The number of nitrogens with two attached hydrogens (primary N) is 2. The Labute approximate surface area is 138 Å². The fourth-order valence-electron chi connectivity index (χ4n) is 2.82. The topological polar surface area (TPSA) is 109 Å². The number of amides is 1. The molecule has 1 aromatic carbocycles. The van der Waals surface area contributed by atoms with Crippen molar-refractivity contribution < 1.29 is 9.53 Å². The normalized spacial score (nSPS) is 18.0. The minimum absolute atomic E-state index is 0.00644. The Bertz CT molecular complexity index is 761. The van der Waals surface area contributed by atoms with Crippen LogP contribution in [0.4, 0.5) is 0 Å². The molecule has 1 unspecified atom stereocenters. The molecule has 0 radical (unpaired) electrons. The number of hydrogen-bond donors (Lipinski definition) is 2. The summed E-state index contributed by atoms with van der Waals surface area (Å²) in [7, 11) is 0. The Kier molecular flexibility index (Phi) is 4.49. The third-order valence-electron chi connectivity index (χ3n) is 3.82. The van der Waals surface area contributed by atoms with Crippen molar-refractivity contribution in [3.05, 3.63) is 28.9 Å². The minimum Gasteiger partial charge on any atom is -0.370 e. The number of guanidine groups is 1. The Balaban J connectivity index is 2.04. The van der Waals surface area contributed by atoms with Crippen LogP contribution in [0, 0.1) is 0 Å². The Morgan fingerprint density at radius 2 is 2.26 bits per heavy atom. The van der Waals surface area contributed by atoms with E-state index in [4.69, 9.17) is 27.8 Å². The largest absolute Gasteiger partial charge is 0.370 e. The lowest BCUT2D eigenvalue weighted by Crippen LogP contribution is -2.24. The molecule has 7 nitrogen and oxygen atoms in total. The molecular formula is C15H18ClN5O2. The predicted octanol–water partition coefficient (Wildman–Crippen LogP) is 1.73. The van der Waals surface area contributed by atoms with E-state index in [1.807, 2.05) is 6.07 Å². The van der Waals surface area contributed by atoms with E-state index in [1.165, 1.54) is 0 Å². The number of aliphatic imine (C=N–C) groups is 1. The predicted molar refractivity (Wildman–Crippen MR) is 88.1 cm³/mol. The number of rotatable bonds is 3. The summed E-state index contributed by atoms with van der Waals surface area (Å²) >= 11 is 6.31. The summed E-state index contributed by atoms with van der Waals surface area (Å²) in [6, 6.07) is 3.62. The third-order valence-corrected chi connectivity index (χ3v) is 4.17. The van der Waals surface area contributed by atoms with Crippen LogP contribution in [0.3, 0.4) is 0 Å². The van der Waals surface area contributed by atoms with Gasteiger partial charge in [0.2, 0.25) is 0 Å². The Morgan fingerprint density at radius 3 is 2.96 bits per heavy atom. The Hall–Kier alpha value is -2.12. The van der Waals surface area contributed by atoms with E-state index in [1.54, 1.807) is 16.9 Å². The van der Waals surface area contributed by atoms with Crippen molar-refractivity contribution in [2.75, 3.05) is 6.61 Å². The SMILES string of the molecule is NC(N)=NC(=O)Cc1c(Cl)ccc2cnn(C3CCCCO3)c12. The van der Waals surface area contributed by atoms with Crippen molar-refractivity contribution in [3.8, 4) is 0 Å². The molecule has 8 heteroatoms. The molecule has 3 rings (SSSR count). The van der Waals surface area contributed by atoms with Gasteiger partial charge < -0.3 is 16.2 Å². The molecule has 1 fully saturated rings. The first kappa shape index (κ1) is 15.8. The van der Waals surface area contributed by atoms with Gasteiger partial charge in [0.1, 0.15) is 0 Å². The van der Waals surface area contributed by atoms with Crippen LogP contribution >= 0.6 is 11.6 Å². The van der Waals surface area contributed by atoms with Crippen LogP contribution in [0.15, 0.2) is 23.3 Å². The van der Waals surface area contributed by atoms with Gasteiger partial charge in [-0.1, -0.05) is 11.6 Å². The van der Waals surface area contributed by atoms with E-state index in [9.17, 15) is 4.79 Å². The molecule has 4 N–H and O–H groups in total. The first-order chi connectivity index (χ1) is 11.1. The summed E-state index contributed by atoms with van der Waals surface area (Å²) in [4.78, 5) is 15.5. The number of hydrogen-bond acceptors (Lipinski definition) is 3. The molecule has 1 aliphatic rings. The monoisotopic (exact) mass is 335 g/mol. The van der Waals surface area contributed by atoms with Crippen molar-refractivity contribution >= 4 is 34.4 Å². The van der Waals surface area contributed by atoms with Crippen LogP contribution < -0.4 is 11.5 Å². The first-order valence-electron chi connectivity index (χ1n) is 7.45. The van der Waals surface area contributed by atoms with Gasteiger partial charge in [0, 0.05) is 22.6 Å². The molecule has 1 aromatic heterocycles. The van der Waals surface area contributed by atoms with Gasteiger partial charge in [-0.2, -0.15) is 10.1 Å². The van der Waals surface area contributed by atoms with E-state index in [2.05, 4.69) is 10.1 Å². The zero-order valence-corrected chi connectivity index (χ0v) is 13.3. The molecule has 1 atom stereocenters. The van der Waals surface area contributed by atoms with Crippen LogP contribution in [0.25, 0.3) is 10.9 Å². The van der Waals surface area contributed by atoms with Crippen molar-refractivity contribution in [1.82, 2.24) is 9.78 Å². The van der Waals surface area contributed by atoms with Crippen molar-refractivity contribution in [2.45, 2.75) is 31.9 Å². The summed E-state index contributed by atoms with van der Waals surface area (Å²) in [6.07, 6.45) is 4.62. The fourth-order valence-corrected chi connectivity index (χ4v) is 3.04. The van der Waals surface area contributed by atoms with E-state index < -0.39 is 5.91 Å². The Morgan fingerprint density at radius 1 is 1.43 bits per heavy atom. The van der Waals surface area contributed by atoms with Crippen molar-refractivity contribution in [2.24, 2.45) is 16.5 Å². The van der Waals surface area contributed by atoms with Gasteiger partial charge in [-0.25, -0.2) is 4.68 Å². The van der Waals surface area contributed by atoms with Gasteiger partial charge in [-0.15, -0.1) is 0 Å². The zero-order chi connectivity index (χ0) is 16.4. The number of benzene rings is 1. The maximum atomic E-state index is 12.0. The van der Waals surface area contributed by atoms with Gasteiger partial charge in [0.25, 0.3) is 5.91 Å². The molecule has 1 aliphatic heterocycles. The average molecular weight is 336 g/mol. The van der Waals surface area contributed by atoms with Gasteiger partial charge in [0.15, 0.2) is 12.2 Å². The lowest BCUT2D eigenvalue weighted by atomic mass is 10.1. The van der Waals surface area contributed by atoms with E-state index >= 15 is 0 Å². The van der Waals surface area contributed by atoms with Gasteiger partial charge in [0.05, 0.1) is 18.1 Å². The van der Waals surface area contributed by atoms with Crippen LogP contribution in [0.2, 0.25) is 5.02 Å². The highest BCUT2D eigenvalue weighted by molar-refractivity contribution is 6.32. The van der Waals surface area contributed by atoms with Crippen molar-refractivity contribution in [3.63, 3.8) is 0 Å². The molecule has 0 spiro atoms. The summed E-state index contributed by atoms with van der Waals surface area (Å²) in [5.74, 6) is -0.709. The number of carbonyl (C=O) groups excluding carboxylic acids is 1. The smallest absolute Gasteiger partial charge is 0.253 e. The van der Waals surface area contributed by atoms with Gasteiger partial charge in [-0.05, 0) is 31.4 Å². The highest BCUT2D eigenvalue weighted by atomic mass is 35.5. The highest BCUT2D eigenvalue weighted by Gasteiger charge is 2.22. The summed E-state index contributed by atoms with van der Waals surface area (Å²) in [5, 5.41) is 5.81. The third kappa shape index (κ3) is 3.30. The van der Waals surface area contributed by atoms with E-state index in [-0.39, 0.29) is 18.6 Å². The molecule has 1 amide bonds. The average Bonchev–Trinajstić information content (AvgIpc) is 2.94. The number of ether oxygens (including phenoxy) is 1. The lowest BCUT2D eigenvalue weighted by molar-refractivity contribution is -0.117. The number of fused-ring (bicyclic) bond motifs is 1. The molecule has 0 bridgehead atoms. The van der Waals surface area contributed by atoms with E-state index in [0.717, 1.165) is 30.2 Å². The number of carbonyl (C=O) groups is 1. The number of halogens is 1. The van der Waals surface area contributed by atoms with Gasteiger partial charge >= 0.3 is 0 Å². The second-order valence-electron chi connectivity index (χ2n) is 5.48. The second-order valence-corrected chi connectivity index (χ2v) is 5.89. The van der Waals surface area contributed by atoms with Crippen LogP contribution in [0.5, 0.6) is 0 Å². The maximum absolute atomic E-state index is 12.0. The number of nitrogens with zero attached hydrogens (tertiary/aromatic N) is 3. The summed E-state index contributed by atoms with van der Waals surface area (Å²) < 4.78 is 7.60. The molecule has 2 heterocycles.